The van der Waals surface area contributed by atoms with Crippen molar-refractivity contribution in [3.05, 3.63) is 124 Å². The summed E-state index contributed by atoms with van der Waals surface area (Å²) < 4.78 is 0. The molecule has 5 rings (SSSR count). The van der Waals surface area contributed by atoms with Crippen molar-refractivity contribution >= 4 is 56.8 Å². The van der Waals surface area contributed by atoms with Crippen LogP contribution in [-0.2, 0) is 0 Å². The van der Waals surface area contributed by atoms with Gasteiger partial charge in [0.1, 0.15) is 23.6 Å². The zero-order valence-corrected chi connectivity index (χ0v) is 25.2. The van der Waals surface area contributed by atoms with Gasteiger partial charge in [-0.3, -0.25) is 29.8 Å². The molecular weight excluding hydrogens is 660 g/mol. The van der Waals surface area contributed by atoms with Gasteiger partial charge in [0.05, 0.1) is 31.9 Å². The Bertz CT molecular complexity index is 2240. The fourth-order valence-electron chi connectivity index (χ4n) is 4.59. The highest BCUT2D eigenvalue weighted by Gasteiger charge is 2.26. The number of nitro benzene ring substituents is 2. The topological polar surface area (TPSA) is 372 Å². The minimum absolute atomic E-state index is 0.0428. The third-order valence-electron chi connectivity index (χ3n) is 6.89. The number of hydrogen-bond donors (Lipinski definition) is 8. The first kappa shape index (κ1) is 33.9. The number of nitro groups is 2. The van der Waals surface area contributed by atoms with Gasteiger partial charge >= 0.3 is 0 Å². The molecule has 2 atom stereocenters. The maximum atomic E-state index is 13.0. The number of aliphatic hydroxyl groups is 2. The number of H-pyrrole nitrogens is 2. The smallest absolute Gasteiger partial charge is 0.276 e. The zero-order chi connectivity index (χ0) is 36.3. The summed E-state index contributed by atoms with van der Waals surface area (Å²) in [5, 5.41) is 59.7. The molecule has 0 saturated carbocycles. The number of fused-ring (bicyclic) bond motifs is 2. The minimum atomic E-state index is -1.70. The summed E-state index contributed by atoms with van der Waals surface area (Å²) in [7, 11) is 0. The monoisotopic (exact) mass is 684 g/mol. The average molecular weight is 685 g/mol. The van der Waals surface area contributed by atoms with E-state index >= 15 is 0 Å². The molecule has 2 aromatic heterocycles. The summed E-state index contributed by atoms with van der Waals surface area (Å²) >= 11 is 0. The molecule has 0 saturated heterocycles. The Balaban J connectivity index is 1.53. The molecule has 12 N–H and O–H groups in total. The van der Waals surface area contributed by atoms with E-state index in [1.54, 1.807) is 0 Å². The minimum Gasteiger partial charge on any atom is -0.382 e. The summed E-state index contributed by atoms with van der Waals surface area (Å²) in [4.78, 5) is 60.4. The number of nitrogens with one attached hydrogen (secondary N) is 2. The second-order valence-corrected chi connectivity index (χ2v) is 10.2. The fraction of sp³-hybridized carbons (Fsp3) is 0.0714. The lowest BCUT2D eigenvalue weighted by atomic mass is 9.97. The van der Waals surface area contributed by atoms with E-state index in [1.807, 2.05) is 0 Å². The highest BCUT2D eigenvalue weighted by atomic mass is 16.6. The van der Waals surface area contributed by atoms with Gasteiger partial charge in [0.15, 0.2) is 11.4 Å². The molecule has 0 bridgehead atoms. The zero-order valence-electron chi connectivity index (χ0n) is 25.2. The number of aromatic nitrogens is 4. The second-order valence-electron chi connectivity index (χ2n) is 10.2. The summed E-state index contributed by atoms with van der Waals surface area (Å²) in [6.07, 6.45) is -3.39. The number of nitrogens with zero attached hydrogens (tertiary/aromatic N) is 8. The summed E-state index contributed by atoms with van der Waals surface area (Å²) in [6.45, 7) is 0. The molecule has 0 unspecified atom stereocenters. The Morgan fingerprint density at radius 1 is 0.640 bits per heavy atom. The van der Waals surface area contributed by atoms with Crippen molar-refractivity contribution in [1.29, 1.82) is 0 Å². The second kappa shape index (κ2) is 13.7. The van der Waals surface area contributed by atoms with Crippen molar-refractivity contribution in [3.63, 3.8) is 0 Å². The van der Waals surface area contributed by atoms with Gasteiger partial charge in [0.2, 0.25) is 11.9 Å². The van der Waals surface area contributed by atoms with Gasteiger partial charge in [-0.2, -0.15) is 0 Å². The third kappa shape index (κ3) is 7.09. The van der Waals surface area contributed by atoms with Gasteiger partial charge in [0.25, 0.3) is 22.5 Å². The van der Waals surface area contributed by atoms with Crippen molar-refractivity contribution in [1.82, 2.24) is 19.9 Å². The van der Waals surface area contributed by atoms with Crippen molar-refractivity contribution in [2.24, 2.45) is 43.3 Å². The molecule has 5 aromatic rings. The molecule has 50 heavy (non-hydrogen) atoms. The van der Waals surface area contributed by atoms with Gasteiger partial charge in [-0.15, -0.1) is 20.4 Å². The van der Waals surface area contributed by atoms with Gasteiger partial charge in [0, 0.05) is 24.3 Å². The van der Waals surface area contributed by atoms with Crippen LogP contribution in [0.3, 0.4) is 0 Å². The van der Waals surface area contributed by atoms with Crippen LogP contribution in [0.15, 0.2) is 90.7 Å². The predicted molar refractivity (Wildman–Crippen MR) is 179 cm³/mol. The molecular formula is C28H24N14O8. The highest BCUT2D eigenvalue weighted by Crippen LogP contribution is 2.25. The molecule has 0 radical (unpaired) electrons. The Morgan fingerprint density at radius 3 is 1.32 bits per heavy atom. The van der Waals surface area contributed by atoms with E-state index in [4.69, 9.17) is 22.9 Å². The predicted octanol–water partition coefficient (Wildman–Crippen LogP) is -0.602. The third-order valence-corrected chi connectivity index (χ3v) is 6.89. The quantitative estimate of drug-likeness (QED) is 0.0394. The molecule has 0 spiro atoms. The van der Waals surface area contributed by atoms with Gasteiger partial charge in [-0.05, 0) is 23.3 Å². The molecule has 0 aliphatic heterocycles. The molecule has 22 heteroatoms. The molecule has 22 nitrogen and oxygen atoms in total. The number of hydrogen-bond acceptors (Lipinski definition) is 14. The van der Waals surface area contributed by atoms with Gasteiger partial charge < -0.3 is 43.1 Å². The standard InChI is InChI=1S/C28H24N14O8/c29-27(30)39-37-19(21-25(45)35-17-9-13(41(47)48)5-7-15(17)33-21)23(43)11-1-2-12(4-3-11)24(44)20(38-40-28(31)32)22-26(46)36-18-10-14(42(49)50)6-8-16(18)34-22/h1-10,23-24,43-44H,(H,35,45)(H,36,46)(H4,29,30,39)(H4,31,32,40)/b37-19+,38-20+/t23-,24+. The first-order valence-electron chi connectivity index (χ1n) is 13.9. The van der Waals surface area contributed by atoms with Crippen LogP contribution in [0.1, 0.15) is 34.7 Å². The summed E-state index contributed by atoms with van der Waals surface area (Å²) in [5.41, 5.74) is 18.2. The van der Waals surface area contributed by atoms with E-state index in [0.29, 0.717) is 0 Å². The van der Waals surface area contributed by atoms with Crippen LogP contribution in [-0.4, -0.2) is 63.3 Å². The van der Waals surface area contributed by atoms with Gasteiger partial charge in [-0.25, -0.2) is 9.97 Å². The van der Waals surface area contributed by atoms with E-state index in [9.17, 15) is 40.0 Å². The Hall–Kier alpha value is -7.46. The van der Waals surface area contributed by atoms with E-state index < -0.39 is 67.9 Å². The number of benzene rings is 3. The lowest BCUT2D eigenvalue weighted by Gasteiger charge is -2.16. The first-order valence-corrected chi connectivity index (χ1v) is 13.9. The van der Waals surface area contributed by atoms with Crippen molar-refractivity contribution in [2.45, 2.75) is 12.2 Å². The molecule has 0 aliphatic carbocycles. The maximum absolute atomic E-state index is 13.0. The van der Waals surface area contributed by atoms with Crippen molar-refractivity contribution < 1.29 is 20.1 Å². The summed E-state index contributed by atoms with van der Waals surface area (Å²) in [6, 6.07) is 12.5. The number of non-ortho nitro benzene ring substituents is 2. The van der Waals surface area contributed by atoms with Crippen LogP contribution in [0, 0.1) is 20.2 Å². The van der Waals surface area contributed by atoms with E-state index in [0.717, 1.165) is 12.1 Å². The van der Waals surface area contributed by atoms with Crippen LogP contribution in [0.5, 0.6) is 0 Å². The molecule has 254 valence electrons. The Kier molecular flexibility index (Phi) is 9.30. The number of guanidine groups is 2. The first-order chi connectivity index (χ1) is 23.7. The van der Waals surface area contributed by atoms with E-state index in [2.05, 4.69) is 40.3 Å². The number of aromatic amines is 2. The maximum Gasteiger partial charge on any atom is 0.276 e. The molecule has 0 aliphatic rings. The van der Waals surface area contributed by atoms with Crippen molar-refractivity contribution in [2.75, 3.05) is 0 Å². The lowest BCUT2D eigenvalue weighted by Crippen LogP contribution is -2.27. The van der Waals surface area contributed by atoms with Crippen LogP contribution in [0.25, 0.3) is 22.1 Å². The molecule has 0 fully saturated rings. The molecule has 0 amide bonds. The van der Waals surface area contributed by atoms with Crippen LogP contribution < -0.4 is 34.1 Å². The van der Waals surface area contributed by atoms with Crippen LogP contribution in [0.2, 0.25) is 0 Å². The highest BCUT2D eigenvalue weighted by molar-refractivity contribution is 6.04. The summed E-state index contributed by atoms with van der Waals surface area (Å²) in [5.74, 6) is -1.02. The fourth-order valence-corrected chi connectivity index (χ4v) is 4.59. The largest absolute Gasteiger partial charge is 0.382 e. The number of nitrogens with two attached hydrogens (primary N) is 4. The molecule has 3 aromatic carbocycles. The van der Waals surface area contributed by atoms with Crippen molar-refractivity contribution in [3.8, 4) is 0 Å². The van der Waals surface area contributed by atoms with E-state index in [1.165, 1.54) is 48.5 Å². The molecule has 2 heterocycles. The number of aliphatic hydroxyl groups excluding tert-OH is 2. The van der Waals surface area contributed by atoms with Crippen LogP contribution in [0.4, 0.5) is 11.4 Å². The average Bonchev–Trinajstić information content (AvgIpc) is 3.07. The van der Waals surface area contributed by atoms with E-state index in [-0.39, 0.29) is 44.6 Å². The number of rotatable bonds is 10. The Morgan fingerprint density at radius 2 is 1.00 bits per heavy atom. The lowest BCUT2D eigenvalue weighted by molar-refractivity contribution is -0.384. The SMILES string of the molecule is NC(N)=N/N=C(\c1nc2ccc([N+](=O)[O-])cc2[nH]c1=O)[C@@H](O)c1ccc([C@@H](O)/C(=N/N=C(N)N)c2nc3ccc([N+](=O)[O-])cc3[nH]c2=O)cc1. The van der Waals surface area contributed by atoms with Crippen LogP contribution >= 0.6 is 0 Å². The normalized spacial score (nSPS) is 13.1. The Labute approximate surface area is 276 Å². The van der Waals surface area contributed by atoms with Gasteiger partial charge in [-0.1, -0.05) is 24.3 Å².